The van der Waals surface area contributed by atoms with E-state index in [-0.39, 0.29) is 5.54 Å². The number of rotatable bonds is 3. The van der Waals surface area contributed by atoms with E-state index in [2.05, 4.69) is 65.6 Å². The zero-order valence-corrected chi connectivity index (χ0v) is 13.1. The molecule has 0 amide bonds. The summed E-state index contributed by atoms with van der Waals surface area (Å²) in [5.74, 6) is 0. The molecule has 0 spiro atoms. The average Bonchev–Trinajstić information content (AvgIpc) is 2.87. The lowest BCUT2D eigenvalue weighted by molar-refractivity contribution is 0.0570. The van der Waals surface area contributed by atoms with Crippen LogP contribution in [0.5, 0.6) is 0 Å². The second-order valence-corrected chi connectivity index (χ2v) is 6.52. The van der Waals surface area contributed by atoms with Gasteiger partial charge in [0, 0.05) is 44.5 Å². The number of hydrogen-bond donors (Lipinski definition) is 1. The van der Waals surface area contributed by atoms with E-state index >= 15 is 0 Å². The van der Waals surface area contributed by atoms with Crippen LogP contribution in [0, 0.1) is 0 Å². The fraction of sp³-hybridized carbons (Fsp3) is 0.471. The first-order valence-electron chi connectivity index (χ1n) is 7.56. The number of piperazine rings is 1. The molecule has 2 heterocycles. The summed E-state index contributed by atoms with van der Waals surface area (Å²) >= 11 is 0. The van der Waals surface area contributed by atoms with Gasteiger partial charge in [0.25, 0.3) is 0 Å². The number of nitrogens with one attached hydrogen (secondary N) is 1. The molecule has 0 radical (unpaired) electrons. The van der Waals surface area contributed by atoms with Crippen LogP contribution in [0.3, 0.4) is 0 Å². The molecule has 1 aliphatic rings. The molecule has 1 saturated heterocycles. The highest BCUT2D eigenvalue weighted by Gasteiger charge is 2.34. The molecule has 21 heavy (non-hydrogen) atoms. The predicted octanol–water partition coefficient (Wildman–Crippen LogP) is 2.35. The molecule has 3 rings (SSSR count). The fourth-order valence-corrected chi connectivity index (χ4v) is 2.95. The van der Waals surface area contributed by atoms with Crippen molar-refractivity contribution in [3.8, 4) is 0 Å². The topological polar surface area (TPSA) is 33.1 Å². The SMILES string of the molecule is Cn1ccc(CN2CC(c3ccccc3)NCC2(C)C)n1. The zero-order valence-electron chi connectivity index (χ0n) is 13.1. The van der Waals surface area contributed by atoms with Gasteiger partial charge in [0.1, 0.15) is 0 Å². The van der Waals surface area contributed by atoms with E-state index in [4.69, 9.17) is 0 Å². The van der Waals surface area contributed by atoms with Crippen molar-refractivity contribution in [1.29, 1.82) is 0 Å². The molecule has 1 aromatic heterocycles. The van der Waals surface area contributed by atoms with Gasteiger partial charge in [-0.15, -0.1) is 0 Å². The molecule has 1 fully saturated rings. The third-order valence-electron chi connectivity index (χ3n) is 4.36. The molecule has 4 nitrogen and oxygen atoms in total. The highest BCUT2D eigenvalue weighted by atomic mass is 15.3. The van der Waals surface area contributed by atoms with Crippen molar-refractivity contribution in [3.63, 3.8) is 0 Å². The summed E-state index contributed by atoms with van der Waals surface area (Å²) in [4.78, 5) is 2.53. The number of aryl methyl sites for hydroxylation is 1. The molecule has 0 aliphatic carbocycles. The smallest absolute Gasteiger partial charge is 0.0764 e. The molecule has 112 valence electrons. The van der Waals surface area contributed by atoms with Crippen LogP contribution in [-0.2, 0) is 13.6 Å². The van der Waals surface area contributed by atoms with Crippen molar-refractivity contribution in [2.45, 2.75) is 32.0 Å². The Morgan fingerprint density at radius 1 is 1.24 bits per heavy atom. The molecule has 0 saturated carbocycles. The molecular weight excluding hydrogens is 260 g/mol. The number of benzene rings is 1. The van der Waals surface area contributed by atoms with E-state index in [0.29, 0.717) is 6.04 Å². The molecule has 1 aromatic carbocycles. The minimum absolute atomic E-state index is 0.142. The number of nitrogens with zero attached hydrogens (tertiary/aromatic N) is 3. The summed E-state index contributed by atoms with van der Waals surface area (Å²) in [7, 11) is 1.97. The van der Waals surface area contributed by atoms with E-state index in [1.54, 1.807) is 0 Å². The van der Waals surface area contributed by atoms with Gasteiger partial charge in [-0.1, -0.05) is 30.3 Å². The first-order chi connectivity index (χ1) is 10.0. The maximum Gasteiger partial charge on any atom is 0.0764 e. The fourth-order valence-electron chi connectivity index (χ4n) is 2.95. The average molecular weight is 284 g/mol. The van der Waals surface area contributed by atoms with Gasteiger partial charge < -0.3 is 5.32 Å². The Balaban J connectivity index is 1.76. The number of aromatic nitrogens is 2. The Hall–Kier alpha value is -1.65. The van der Waals surface area contributed by atoms with Gasteiger partial charge >= 0.3 is 0 Å². The third-order valence-corrected chi connectivity index (χ3v) is 4.36. The second-order valence-electron chi connectivity index (χ2n) is 6.52. The standard InChI is InChI=1S/C17H24N4/c1-17(2)13-18-16(14-7-5-4-6-8-14)12-21(17)11-15-9-10-20(3)19-15/h4-10,16,18H,11-13H2,1-3H3. The van der Waals surface area contributed by atoms with Crippen molar-refractivity contribution in [3.05, 3.63) is 53.9 Å². The quantitative estimate of drug-likeness (QED) is 0.939. The van der Waals surface area contributed by atoms with E-state index < -0.39 is 0 Å². The largest absolute Gasteiger partial charge is 0.307 e. The number of hydrogen-bond acceptors (Lipinski definition) is 3. The molecule has 4 heteroatoms. The molecule has 0 bridgehead atoms. The van der Waals surface area contributed by atoms with Gasteiger partial charge in [0.2, 0.25) is 0 Å². The Morgan fingerprint density at radius 3 is 2.67 bits per heavy atom. The monoisotopic (exact) mass is 284 g/mol. The maximum atomic E-state index is 4.52. The summed E-state index contributed by atoms with van der Waals surface area (Å²) in [6, 6.07) is 13.2. The van der Waals surface area contributed by atoms with Gasteiger partial charge in [-0.25, -0.2) is 0 Å². The van der Waals surface area contributed by atoms with Crippen molar-refractivity contribution >= 4 is 0 Å². The lowest BCUT2D eigenvalue weighted by atomic mass is 9.94. The Bertz CT molecular complexity index is 588. The lowest BCUT2D eigenvalue weighted by Crippen LogP contribution is -2.58. The maximum absolute atomic E-state index is 4.52. The summed E-state index contributed by atoms with van der Waals surface area (Å²) in [5.41, 5.74) is 2.64. The van der Waals surface area contributed by atoms with Crippen molar-refractivity contribution in [2.24, 2.45) is 7.05 Å². The van der Waals surface area contributed by atoms with Gasteiger partial charge in [-0.3, -0.25) is 9.58 Å². The van der Waals surface area contributed by atoms with Crippen molar-refractivity contribution in [1.82, 2.24) is 20.0 Å². The van der Waals surface area contributed by atoms with E-state index in [9.17, 15) is 0 Å². The van der Waals surface area contributed by atoms with E-state index in [1.807, 2.05) is 17.9 Å². The molecule has 1 aliphatic heterocycles. The molecule has 2 aromatic rings. The zero-order chi connectivity index (χ0) is 14.9. The Labute approximate surface area is 126 Å². The highest BCUT2D eigenvalue weighted by molar-refractivity contribution is 5.20. The first-order valence-corrected chi connectivity index (χ1v) is 7.56. The molecule has 1 N–H and O–H groups in total. The van der Waals surface area contributed by atoms with Crippen LogP contribution in [0.25, 0.3) is 0 Å². The molecule has 1 atom stereocenters. The molecule has 1 unspecified atom stereocenters. The second kappa shape index (κ2) is 5.62. The van der Waals surface area contributed by atoms with Crippen LogP contribution in [-0.4, -0.2) is 33.3 Å². The van der Waals surface area contributed by atoms with Crippen LogP contribution >= 0.6 is 0 Å². The van der Waals surface area contributed by atoms with Crippen LogP contribution in [0.4, 0.5) is 0 Å². The predicted molar refractivity (Wildman–Crippen MR) is 84.9 cm³/mol. The Morgan fingerprint density at radius 2 is 2.00 bits per heavy atom. The van der Waals surface area contributed by atoms with Crippen LogP contribution in [0.1, 0.15) is 31.1 Å². The van der Waals surface area contributed by atoms with Crippen LogP contribution in [0.2, 0.25) is 0 Å². The summed E-state index contributed by atoms with van der Waals surface area (Å²) in [5, 5.41) is 8.20. The minimum Gasteiger partial charge on any atom is -0.307 e. The van der Waals surface area contributed by atoms with E-state index in [0.717, 1.165) is 25.3 Å². The van der Waals surface area contributed by atoms with E-state index in [1.165, 1.54) is 5.56 Å². The molecular formula is C17H24N4. The van der Waals surface area contributed by atoms with Gasteiger partial charge in [0.15, 0.2) is 0 Å². The van der Waals surface area contributed by atoms with Crippen LogP contribution < -0.4 is 5.32 Å². The van der Waals surface area contributed by atoms with Crippen LogP contribution in [0.15, 0.2) is 42.6 Å². The van der Waals surface area contributed by atoms with Gasteiger partial charge in [-0.05, 0) is 25.5 Å². The first kappa shape index (κ1) is 14.3. The van der Waals surface area contributed by atoms with Crippen molar-refractivity contribution in [2.75, 3.05) is 13.1 Å². The Kier molecular flexibility index (Phi) is 3.83. The summed E-state index contributed by atoms with van der Waals surface area (Å²) in [6.07, 6.45) is 2.01. The third kappa shape index (κ3) is 3.17. The van der Waals surface area contributed by atoms with Gasteiger partial charge in [-0.2, -0.15) is 5.10 Å². The highest BCUT2D eigenvalue weighted by Crippen LogP contribution is 2.27. The van der Waals surface area contributed by atoms with Gasteiger partial charge in [0.05, 0.1) is 5.69 Å². The normalized spacial score (nSPS) is 22.3. The lowest BCUT2D eigenvalue weighted by Gasteiger charge is -2.46. The minimum atomic E-state index is 0.142. The summed E-state index contributed by atoms with van der Waals surface area (Å²) in [6.45, 7) is 7.49. The van der Waals surface area contributed by atoms with Crippen molar-refractivity contribution < 1.29 is 0 Å². The summed E-state index contributed by atoms with van der Waals surface area (Å²) < 4.78 is 1.87.